The molecule has 0 bridgehead atoms. The first-order valence-electron chi connectivity index (χ1n) is 10.8. The molecule has 0 amide bonds. The fourth-order valence-corrected chi connectivity index (χ4v) is 3.64. The van der Waals surface area contributed by atoms with Crippen LogP contribution in [0.4, 0.5) is 32.2 Å². The monoisotopic (exact) mass is 538 g/mol. The van der Waals surface area contributed by atoms with E-state index in [1.807, 2.05) is 36.7 Å². The summed E-state index contributed by atoms with van der Waals surface area (Å²) in [5.41, 5.74) is 1.13. The van der Waals surface area contributed by atoms with Crippen molar-refractivity contribution >= 4 is 17.8 Å². The van der Waals surface area contributed by atoms with E-state index in [9.17, 15) is 26.3 Å². The van der Waals surface area contributed by atoms with Gasteiger partial charge in [0.2, 0.25) is 0 Å². The number of hydrogen-bond acceptors (Lipinski definition) is 7. The van der Waals surface area contributed by atoms with Crippen molar-refractivity contribution < 1.29 is 50.9 Å². The summed E-state index contributed by atoms with van der Waals surface area (Å²) in [6.07, 6.45) is -6.11. The van der Waals surface area contributed by atoms with Crippen molar-refractivity contribution in [1.82, 2.24) is 14.9 Å². The molecule has 2 saturated heterocycles. The molecule has 4 rings (SSSR count). The van der Waals surface area contributed by atoms with Crippen molar-refractivity contribution in [2.75, 3.05) is 31.6 Å². The second-order valence-corrected chi connectivity index (χ2v) is 8.01. The number of ether oxygens (including phenoxy) is 1. The Hall–Kier alpha value is -3.46. The fourth-order valence-electron chi connectivity index (χ4n) is 3.64. The van der Waals surface area contributed by atoms with E-state index < -0.39 is 24.3 Å². The molecule has 0 aromatic carbocycles. The summed E-state index contributed by atoms with van der Waals surface area (Å²) in [6, 6.07) is 12.1. The molecule has 2 aliphatic heterocycles. The van der Waals surface area contributed by atoms with Crippen LogP contribution < -0.4 is 5.32 Å². The van der Waals surface area contributed by atoms with Crippen molar-refractivity contribution in [2.45, 2.75) is 25.0 Å². The molecule has 0 saturated carbocycles. The van der Waals surface area contributed by atoms with Crippen LogP contribution in [0, 0.1) is 11.8 Å². The maximum absolute atomic E-state index is 10.6. The molecule has 0 unspecified atom stereocenters. The second-order valence-electron chi connectivity index (χ2n) is 8.01. The normalized spacial score (nSPS) is 21.1. The molecule has 0 radical (unpaired) electrons. The molecule has 3 atom stereocenters. The zero-order valence-electron chi connectivity index (χ0n) is 19.1. The van der Waals surface area contributed by atoms with Gasteiger partial charge in [-0.2, -0.15) is 26.3 Å². The molecule has 9 nitrogen and oxygen atoms in total. The van der Waals surface area contributed by atoms with Crippen LogP contribution in [0.5, 0.6) is 0 Å². The lowest BCUT2D eigenvalue weighted by molar-refractivity contribution is -0.193. The van der Waals surface area contributed by atoms with E-state index in [-0.39, 0.29) is 0 Å². The molecule has 3 N–H and O–H groups in total. The minimum atomic E-state index is -5.08. The topological polar surface area (TPSA) is 125 Å². The number of halogens is 6. The average Bonchev–Trinajstić information content (AvgIpc) is 3.39. The largest absolute Gasteiger partial charge is 0.490 e. The molecular formula is C22H24F6N4O5. The first-order valence-corrected chi connectivity index (χ1v) is 10.8. The van der Waals surface area contributed by atoms with Gasteiger partial charge in [0.25, 0.3) is 0 Å². The zero-order chi connectivity index (χ0) is 27.6. The summed E-state index contributed by atoms with van der Waals surface area (Å²) in [6.45, 7) is 4.80. The van der Waals surface area contributed by atoms with Gasteiger partial charge in [0.1, 0.15) is 5.82 Å². The number of hydrogen-bond donors (Lipinski definition) is 3. The summed E-state index contributed by atoms with van der Waals surface area (Å²) in [5.74, 6) is -3.41. The van der Waals surface area contributed by atoms with Crippen LogP contribution in [0.25, 0.3) is 0 Å². The predicted octanol–water partition coefficient (Wildman–Crippen LogP) is 3.30. The van der Waals surface area contributed by atoms with Gasteiger partial charge in [0.05, 0.1) is 18.4 Å². The maximum Gasteiger partial charge on any atom is 0.490 e. The number of alkyl halides is 6. The number of carboxylic acids is 2. The van der Waals surface area contributed by atoms with Crippen LogP contribution in [0.1, 0.15) is 5.69 Å². The van der Waals surface area contributed by atoms with Crippen molar-refractivity contribution in [3.63, 3.8) is 0 Å². The Morgan fingerprint density at radius 2 is 1.51 bits per heavy atom. The van der Waals surface area contributed by atoms with Crippen LogP contribution in [0.2, 0.25) is 0 Å². The summed E-state index contributed by atoms with van der Waals surface area (Å²) < 4.78 is 69.5. The van der Waals surface area contributed by atoms with Crippen LogP contribution in [-0.2, 0) is 20.9 Å². The van der Waals surface area contributed by atoms with Crippen LogP contribution in [0.15, 0.2) is 48.8 Å². The third-order valence-electron chi connectivity index (χ3n) is 5.32. The Labute approximate surface area is 207 Å². The van der Waals surface area contributed by atoms with Crippen LogP contribution in [0.3, 0.4) is 0 Å². The molecule has 0 aliphatic carbocycles. The molecule has 2 aliphatic rings. The number of nitrogens with zero attached hydrogens (tertiary/aromatic N) is 3. The van der Waals surface area contributed by atoms with Gasteiger partial charge in [-0.25, -0.2) is 14.6 Å². The Balaban J connectivity index is 0.000000286. The van der Waals surface area contributed by atoms with Crippen molar-refractivity contribution in [2.24, 2.45) is 11.8 Å². The van der Waals surface area contributed by atoms with E-state index in [4.69, 9.17) is 24.5 Å². The minimum Gasteiger partial charge on any atom is -0.475 e. The van der Waals surface area contributed by atoms with Crippen molar-refractivity contribution in [1.29, 1.82) is 0 Å². The summed E-state index contributed by atoms with van der Waals surface area (Å²) >= 11 is 0. The van der Waals surface area contributed by atoms with Gasteiger partial charge in [-0.05, 0) is 24.3 Å². The quantitative estimate of drug-likeness (QED) is 0.492. The van der Waals surface area contributed by atoms with Crippen molar-refractivity contribution in [3.05, 3.63) is 54.5 Å². The molecule has 15 heteroatoms. The molecule has 37 heavy (non-hydrogen) atoms. The number of fused-ring (bicyclic) bond motifs is 1. The number of nitrogens with one attached hydrogen (secondary N) is 1. The molecule has 2 aromatic heterocycles. The van der Waals surface area contributed by atoms with E-state index in [2.05, 4.69) is 32.3 Å². The van der Waals surface area contributed by atoms with Crippen molar-refractivity contribution in [3.8, 4) is 0 Å². The summed E-state index contributed by atoms with van der Waals surface area (Å²) in [7, 11) is 0. The Kier molecular flexibility index (Phi) is 10.6. The first kappa shape index (κ1) is 29.8. The number of aromatic nitrogens is 2. The third-order valence-corrected chi connectivity index (χ3v) is 5.32. The van der Waals surface area contributed by atoms with E-state index in [1.54, 1.807) is 0 Å². The number of aliphatic carboxylic acids is 2. The highest BCUT2D eigenvalue weighted by molar-refractivity contribution is 5.73. The highest BCUT2D eigenvalue weighted by Gasteiger charge is 2.43. The van der Waals surface area contributed by atoms with E-state index in [0.29, 0.717) is 17.9 Å². The molecule has 0 spiro atoms. The fraction of sp³-hybridized carbons (Fsp3) is 0.455. The Bertz CT molecular complexity index is 971. The summed E-state index contributed by atoms with van der Waals surface area (Å²) in [5, 5.41) is 17.7. The zero-order valence-corrected chi connectivity index (χ0v) is 19.1. The summed E-state index contributed by atoms with van der Waals surface area (Å²) in [4.78, 5) is 29.0. The molecule has 204 valence electrons. The molecular weight excluding hydrogens is 514 g/mol. The lowest BCUT2D eigenvalue weighted by atomic mass is 9.93. The lowest BCUT2D eigenvalue weighted by Crippen LogP contribution is -2.27. The molecule has 2 fully saturated rings. The SMILES string of the molecule is O=C(O)C(F)(F)F.O=C(O)C(F)(F)F.c1ccc(CN2C[C@@H]3[C@H](CNc4ccccn4)CO[C@@H]3C2)nc1. The smallest absolute Gasteiger partial charge is 0.475 e. The molecule has 4 heterocycles. The Morgan fingerprint density at radius 3 is 2.00 bits per heavy atom. The number of anilines is 1. The number of pyridine rings is 2. The van der Waals surface area contributed by atoms with Gasteiger partial charge in [-0.15, -0.1) is 0 Å². The number of carboxylic acid groups (broad SMARTS) is 2. The van der Waals surface area contributed by atoms with E-state index >= 15 is 0 Å². The third kappa shape index (κ3) is 10.2. The number of rotatable bonds is 5. The number of carbonyl (C=O) groups is 2. The van der Waals surface area contributed by atoms with Gasteiger partial charge in [-0.1, -0.05) is 12.1 Å². The highest BCUT2D eigenvalue weighted by atomic mass is 19.4. The van der Waals surface area contributed by atoms with Gasteiger partial charge in [0, 0.05) is 50.4 Å². The van der Waals surface area contributed by atoms with Crippen LogP contribution in [-0.4, -0.2) is 81.7 Å². The van der Waals surface area contributed by atoms with E-state index in [1.165, 1.54) is 0 Å². The second kappa shape index (κ2) is 13.2. The number of likely N-dealkylation sites (tertiary alicyclic amines) is 1. The van der Waals surface area contributed by atoms with Crippen LogP contribution >= 0.6 is 0 Å². The van der Waals surface area contributed by atoms with Gasteiger partial charge in [-0.3, -0.25) is 9.88 Å². The van der Waals surface area contributed by atoms with Gasteiger partial charge >= 0.3 is 24.3 Å². The average molecular weight is 538 g/mol. The lowest BCUT2D eigenvalue weighted by Gasteiger charge is -2.19. The van der Waals surface area contributed by atoms with Gasteiger partial charge in [0.15, 0.2) is 0 Å². The first-order chi connectivity index (χ1) is 17.3. The van der Waals surface area contributed by atoms with Gasteiger partial charge < -0.3 is 20.3 Å². The maximum atomic E-state index is 10.6. The highest BCUT2D eigenvalue weighted by Crippen LogP contribution is 2.34. The predicted molar refractivity (Wildman–Crippen MR) is 116 cm³/mol. The minimum absolute atomic E-state index is 0.370. The Morgan fingerprint density at radius 1 is 0.946 bits per heavy atom. The van der Waals surface area contributed by atoms with E-state index in [0.717, 1.165) is 44.3 Å². The molecule has 2 aromatic rings. The standard InChI is InChI=1S/C18H22N4O.2C2HF3O2/c1-3-7-19-15(5-1)10-22-11-16-14(13-23-17(16)12-22)9-21-18-6-2-4-8-20-18;2*3-2(4,5)1(6)7/h1-8,14,16-17H,9-13H2,(H,20,21);2*(H,6,7)/t14-,16-,17-;;/m1../s1.